The molecule has 0 saturated carbocycles. The molecule has 17 heavy (non-hydrogen) atoms. The van der Waals surface area contributed by atoms with E-state index in [1.165, 1.54) is 0 Å². The molecule has 5 nitrogen and oxygen atoms in total. The molecule has 1 heterocycles. The van der Waals surface area contributed by atoms with Crippen molar-refractivity contribution in [1.82, 2.24) is 10.3 Å². The third-order valence-electron chi connectivity index (χ3n) is 2.17. The summed E-state index contributed by atoms with van der Waals surface area (Å²) in [5, 5.41) is 3.14. The van der Waals surface area contributed by atoms with Crippen LogP contribution in [0.1, 0.15) is 18.9 Å². The molecule has 0 aliphatic rings. The highest BCUT2D eigenvalue weighted by Crippen LogP contribution is 2.12. The van der Waals surface area contributed by atoms with Crippen molar-refractivity contribution in [3.05, 3.63) is 23.9 Å². The van der Waals surface area contributed by atoms with E-state index in [1.54, 1.807) is 20.2 Å². The minimum atomic E-state index is -0.182. The van der Waals surface area contributed by atoms with E-state index >= 15 is 0 Å². The van der Waals surface area contributed by atoms with Crippen molar-refractivity contribution in [1.29, 1.82) is 0 Å². The average Bonchev–Trinajstić information content (AvgIpc) is 2.35. The lowest BCUT2D eigenvalue weighted by Crippen LogP contribution is -2.19. The number of hydrogen-bond donors (Lipinski definition) is 1. The second kappa shape index (κ2) is 7.62. The van der Waals surface area contributed by atoms with Gasteiger partial charge in [-0.3, -0.25) is 4.79 Å². The number of nitrogens with one attached hydrogen (secondary N) is 1. The number of pyridine rings is 1. The molecule has 0 aromatic carbocycles. The minimum absolute atomic E-state index is 0.182. The number of esters is 1. The molecule has 1 aromatic heterocycles. The molecule has 94 valence electrons. The van der Waals surface area contributed by atoms with Crippen LogP contribution in [-0.4, -0.2) is 31.2 Å². The van der Waals surface area contributed by atoms with Gasteiger partial charge >= 0.3 is 5.97 Å². The van der Waals surface area contributed by atoms with Crippen molar-refractivity contribution in [2.75, 3.05) is 20.3 Å². The largest absolute Gasteiger partial charge is 0.481 e. The predicted molar refractivity (Wildman–Crippen MR) is 63.7 cm³/mol. The summed E-state index contributed by atoms with van der Waals surface area (Å²) in [5.41, 5.74) is 0.971. The van der Waals surface area contributed by atoms with Gasteiger partial charge in [-0.25, -0.2) is 4.98 Å². The van der Waals surface area contributed by atoms with Gasteiger partial charge in [-0.2, -0.15) is 0 Å². The molecule has 0 aliphatic heterocycles. The minimum Gasteiger partial charge on any atom is -0.481 e. The highest BCUT2D eigenvalue weighted by atomic mass is 16.5. The van der Waals surface area contributed by atoms with E-state index in [0.29, 0.717) is 32.0 Å². The molecule has 1 aromatic rings. The summed E-state index contributed by atoms with van der Waals surface area (Å²) in [5.74, 6) is 0.425. The Labute approximate surface area is 101 Å². The molecule has 0 aliphatic carbocycles. The number of aromatic nitrogens is 1. The molecule has 1 N–H and O–H groups in total. The van der Waals surface area contributed by atoms with Gasteiger partial charge in [0.15, 0.2) is 0 Å². The lowest BCUT2D eigenvalue weighted by molar-refractivity contribution is -0.142. The van der Waals surface area contributed by atoms with E-state index in [2.05, 4.69) is 10.3 Å². The predicted octanol–water partition coefficient (Wildman–Crippen LogP) is 1.13. The van der Waals surface area contributed by atoms with Gasteiger partial charge in [0, 0.05) is 24.8 Å². The molecule has 0 spiro atoms. The normalized spacial score (nSPS) is 10.0. The van der Waals surface area contributed by atoms with Crippen LogP contribution in [-0.2, 0) is 16.1 Å². The summed E-state index contributed by atoms with van der Waals surface area (Å²) in [7, 11) is 1.59. The highest BCUT2D eigenvalue weighted by molar-refractivity contribution is 5.69. The average molecular weight is 238 g/mol. The van der Waals surface area contributed by atoms with Crippen molar-refractivity contribution in [3.63, 3.8) is 0 Å². The standard InChI is InChI=1S/C12H18N2O3/c1-3-17-11(15)6-8-13-9-10-5-4-7-14-12(10)16-2/h4-5,7,13H,3,6,8-9H2,1-2H3. The lowest BCUT2D eigenvalue weighted by Gasteiger charge is -2.08. The molecule has 0 bridgehead atoms. The molecular formula is C12H18N2O3. The van der Waals surface area contributed by atoms with Crippen molar-refractivity contribution in [3.8, 4) is 5.88 Å². The maximum absolute atomic E-state index is 11.1. The number of hydrogen-bond acceptors (Lipinski definition) is 5. The Kier molecular flexibility index (Phi) is 6.03. The maximum atomic E-state index is 11.1. The first kappa shape index (κ1) is 13.4. The first-order valence-electron chi connectivity index (χ1n) is 5.62. The summed E-state index contributed by atoms with van der Waals surface area (Å²) >= 11 is 0. The molecule has 0 unspecified atom stereocenters. The number of carbonyl (C=O) groups is 1. The maximum Gasteiger partial charge on any atom is 0.307 e. The summed E-state index contributed by atoms with van der Waals surface area (Å²) in [6.45, 7) is 3.42. The Hall–Kier alpha value is -1.62. The van der Waals surface area contributed by atoms with Crippen LogP contribution in [0.2, 0.25) is 0 Å². The van der Waals surface area contributed by atoms with Crippen LogP contribution in [0, 0.1) is 0 Å². The second-order valence-electron chi connectivity index (χ2n) is 3.40. The SMILES string of the molecule is CCOC(=O)CCNCc1cccnc1OC. The molecule has 0 saturated heterocycles. The van der Waals surface area contributed by atoms with Crippen molar-refractivity contribution in [2.45, 2.75) is 19.9 Å². The van der Waals surface area contributed by atoms with Crippen LogP contribution in [0.4, 0.5) is 0 Å². The van der Waals surface area contributed by atoms with Gasteiger partial charge in [-0.05, 0) is 13.0 Å². The summed E-state index contributed by atoms with van der Waals surface area (Å²) in [6.07, 6.45) is 2.05. The Morgan fingerprint density at radius 2 is 2.35 bits per heavy atom. The topological polar surface area (TPSA) is 60.5 Å². The van der Waals surface area contributed by atoms with Crippen LogP contribution in [0.3, 0.4) is 0 Å². The van der Waals surface area contributed by atoms with Gasteiger partial charge in [-0.15, -0.1) is 0 Å². The van der Waals surface area contributed by atoms with Crippen LogP contribution < -0.4 is 10.1 Å². The number of nitrogens with zero attached hydrogens (tertiary/aromatic N) is 1. The van der Waals surface area contributed by atoms with E-state index in [1.807, 2.05) is 12.1 Å². The van der Waals surface area contributed by atoms with Gasteiger partial charge in [0.2, 0.25) is 5.88 Å². The first-order valence-corrected chi connectivity index (χ1v) is 5.62. The number of methoxy groups -OCH3 is 1. The van der Waals surface area contributed by atoms with Gasteiger partial charge in [0.1, 0.15) is 0 Å². The smallest absolute Gasteiger partial charge is 0.307 e. The molecule has 0 atom stereocenters. The zero-order chi connectivity index (χ0) is 12.5. The molecule has 5 heteroatoms. The Morgan fingerprint density at radius 1 is 1.53 bits per heavy atom. The third-order valence-corrected chi connectivity index (χ3v) is 2.17. The van der Waals surface area contributed by atoms with Crippen LogP contribution in [0.25, 0.3) is 0 Å². The number of ether oxygens (including phenoxy) is 2. The number of rotatable bonds is 7. The Bertz CT molecular complexity index is 355. The van der Waals surface area contributed by atoms with E-state index in [0.717, 1.165) is 5.56 Å². The zero-order valence-electron chi connectivity index (χ0n) is 10.2. The monoisotopic (exact) mass is 238 g/mol. The van der Waals surface area contributed by atoms with Crippen molar-refractivity contribution < 1.29 is 14.3 Å². The molecule has 1 rings (SSSR count). The van der Waals surface area contributed by atoms with E-state index in [9.17, 15) is 4.79 Å². The van der Waals surface area contributed by atoms with Gasteiger partial charge in [-0.1, -0.05) is 6.07 Å². The third kappa shape index (κ3) is 4.82. The fourth-order valence-electron chi connectivity index (χ4n) is 1.39. The van der Waals surface area contributed by atoms with Gasteiger partial charge in [0.25, 0.3) is 0 Å². The Morgan fingerprint density at radius 3 is 3.06 bits per heavy atom. The Balaban J connectivity index is 2.28. The lowest BCUT2D eigenvalue weighted by atomic mass is 10.2. The fraction of sp³-hybridized carbons (Fsp3) is 0.500. The van der Waals surface area contributed by atoms with Crippen LogP contribution in [0.5, 0.6) is 5.88 Å². The van der Waals surface area contributed by atoms with E-state index < -0.39 is 0 Å². The quantitative estimate of drug-likeness (QED) is 0.570. The van der Waals surface area contributed by atoms with Gasteiger partial charge < -0.3 is 14.8 Å². The second-order valence-corrected chi connectivity index (χ2v) is 3.40. The molecule has 0 fully saturated rings. The van der Waals surface area contributed by atoms with Crippen molar-refractivity contribution >= 4 is 5.97 Å². The molecule has 0 radical (unpaired) electrons. The summed E-state index contributed by atoms with van der Waals surface area (Å²) in [4.78, 5) is 15.2. The number of carbonyl (C=O) groups excluding carboxylic acids is 1. The molecular weight excluding hydrogens is 220 g/mol. The first-order chi connectivity index (χ1) is 8.27. The van der Waals surface area contributed by atoms with Gasteiger partial charge in [0.05, 0.1) is 20.1 Å². The zero-order valence-corrected chi connectivity index (χ0v) is 10.2. The summed E-state index contributed by atoms with van der Waals surface area (Å²) < 4.78 is 9.94. The van der Waals surface area contributed by atoms with E-state index in [4.69, 9.17) is 9.47 Å². The van der Waals surface area contributed by atoms with E-state index in [-0.39, 0.29) is 5.97 Å². The molecule has 0 amide bonds. The van der Waals surface area contributed by atoms with Crippen LogP contribution >= 0.6 is 0 Å². The fourth-order valence-corrected chi connectivity index (χ4v) is 1.39. The van der Waals surface area contributed by atoms with Crippen LogP contribution in [0.15, 0.2) is 18.3 Å². The summed E-state index contributed by atoms with van der Waals surface area (Å²) in [6, 6.07) is 3.79. The highest BCUT2D eigenvalue weighted by Gasteiger charge is 2.04. The van der Waals surface area contributed by atoms with Crippen molar-refractivity contribution in [2.24, 2.45) is 0 Å².